The van der Waals surface area contributed by atoms with Gasteiger partial charge < -0.3 is 15.2 Å². The van der Waals surface area contributed by atoms with Gasteiger partial charge in [0.05, 0.1) is 12.4 Å². The highest BCUT2D eigenvalue weighted by Gasteiger charge is 2.31. The number of sulfonamides is 1. The van der Waals surface area contributed by atoms with E-state index < -0.39 is 34.1 Å². The molecule has 0 radical (unpaired) electrons. The summed E-state index contributed by atoms with van der Waals surface area (Å²) in [7, 11) is -3.50. The van der Waals surface area contributed by atoms with Crippen molar-refractivity contribution in [2.75, 3.05) is 17.5 Å². The van der Waals surface area contributed by atoms with Crippen molar-refractivity contribution < 1.29 is 36.2 Å². The molecule has 0 fully saturated rings. The lowest BCUT2D eigenvalue weighted by Crippen LogP contribution is -2.28. The molecule has 152 valence electrons. The maximum absolute atomic E-state index is 12.2. The normalized spacial score (nSPS) is 12.9. The molecule has 2 aromatic carbocycles. The summed E-state index contributed by atoms with van der Waals surface area (Å²) >= 11 is 0. The summed E-state index contributed by atoms with van der Waals surface area (Å²) in [5.74, 6) is -0.990. The Balaban J connectivity index is 1.96. The zero-order valence-corrected chi connectivity index (χ0v) is 15.3. The molecule has 0 saturated carbocycles. The van der Waals surface area contributed by atoms with Crippen molar-refractivity contribution in [3.63, 3.8) is 0 Å². The Morgan fingerprint density at radius 2 is 1.82 bits per heavy atom. The summed E-state index contributed by atoms with van der Waals surface area (Å²) < 4.78 is 64.9. The lowest BCUT2D eigenvalue weighted by Gasteiger charge is -2.14. The number of halogens is 3. The molecule has 0 unspecified atom stereocenters. The van der Waals surface area contributed by atoms with Crippen LogP contribution in [0.3, 0.4) is 0 Å². The molecule has 0 bridgehead atoms. The van der Waals surface area contributed by atoms with Gasteiger partial charge in [0.1, 0.15) is 5.75 Å². The summed E-state index contributed by atoms with van der Waals surface area (Å²) in [6.07, 6.45) is -5.00. The maximum atomic E-state index is 12.2. The number of hydrogen-bond donors (Lipinski definition) is 3. The zero-order valence-electron chi connectivity index (χ0n) is 14.5. The van der Waals surface area contributed by atoms with Crippen molar-refractivity contribution in [1.29, 1.82) is 0 Å². The van der Waals surface area contributed by atoms with Crippen LogP contribution in [0.25, 0.3) is 0 Å². The number of hydrogen-bond acceptors (Lipinski definition) is 5. The van der Waals surface area contributed by atoms with Crippen LogP contribution < -0.4 is 14.8 Å². The first-order valence-electron chi connectivity index (χ1n) is 7.83. The number of carbonyl (C=O) groups excluding carboxylic acids is 1. The molecule has 1 amide bonds. The molecule has 7 nitrogen and oxygen atoms in total. The Labute approximate surface area is 159 Å². The molecule has 28 heavy (non-hydrogen) atoms. The first kappa shape index (κ1) is 21.5. The Morgan fingerprint density at radius 1 is 1.18 bits per heavy atom. The van der Waals surface area contributed by atoms with Crippen LogP contribution in [0.15, 0.2) is 48.5 Å². The summed E-state index contributed by atoms with van der Waals surface area (Å²) in [5, 5.41) is 12.5. The van der Waals surface area contributed by atoms with Crippen molar-refractivity contribution in [1.82, 2.24) is 5.32 Å². The van der Waals surface area contributed by atoms with Crippen molar-refractivity contribution in [3.8, 4) is 5.75 Å². The number of rotatable bonds is 7. The monoisotopic (exact) mass is 418 g/mol. The number of aliphatic hydroxyl groups is 1. The second-order valence-corrected chi connectivity index (χ2v) is 7.55. The third-order valence-electron chi connectivity index (χ3n) is 3.38. The lowest BCUT2D eigenvalue weighted by molar-refractivity contribution is -0.274. The second-order valence-electron chi connectivity index (χ2n) is 5.80. The number of anilines is 1. The number of carbonyl (C=O) groups is 1. The van der Waals surface area contributed by atoms with Gasteiger partial charge >= 0.3 is 6.36 Å². The Morgan fingerprint density at radius 3 is 2.39 bits per heavy atom. The highest BCUT2D eigenvalue weighted by molar-refractivity contribution is 7.92. The fraction of sp³-hybridized carbons (Fsp3) is 0.235. The number of nitrogens with one attached hydrogen (secondary N) is 2. The van der Waals surface area contributed by atoms with E-state index in [-0.39, 0.29) is 23.4 Å². The first-order valence-corrected chi connectivity index (χ1v) is 9.72. The minimum absolute atomic E-state index is 0.162. The van der Waals surface area contributed by atoms with E-state index in [1.165, 1.54) is 36.4 Å². The van der Waals surface area contributed by atoms with Crippen LogP contribution in [0.5, 0.6) is 5.75 Å². The number of alkyl halides is 3. The van der Waals surface area contributed by atoms with Crippen LogP contribution in [0.2, 0.25) is 0 Å². The van der Waals surface area contributed by atoms with Crippen LogP contribution in [-0.2, 0) is 10.0 Å². The van der Waals surface area contributed by atoms with Gasteiger partial charge in [-0.1, -0.05) is 18.2 Å². The van der Waals surface area contributed by atoms with Crippen LogP contribution >= 0.6 is 0 Å². The smallest absolute Gasteiger partial charge is 0.406 e. The van der Waals surface area contributed by atoms with Gasteiger partial charge in [0.25, 0.3) is 5.91 Å². The third kappa shape index (κ3) is 7.08. The van der Waals surface area contributed by atoms with Crippen LogP contribution in [-0.4, -0.2) is 38.6 Å². The van der Waals surface area contributed by atoms with Crippen molar-refractivity contribution >= 4 is 21.6 Å². The van der Waals surface area contributed by atoms with E-state index in [1.807, 2.05) is 0 Å². The van der Waals surface area contributed by atoms with Gasteiger partial charge in [0.15, 0.2) is 0 Å². The Bertz CT molecular complexity index is 931. The van der Waals surface area contributed by atoms with Gasteiger partial charge in [-0.2, -0.15) is 0 Å². The van der Waals surface area contributed by atoms with Gasteiger partial charge in [-0.15, -0.1) is 13.2 Å². The average Bonchev–Trinajstić information content (AvgIpc) is 2.57. The third-order valence-corrected chi connectivity index (χ3v) is 3.99. The minimum Gasteiger partial charge on any atom is -0.406 e. The molecule has 0 aliphatic heterocycles. The van der Waals surface area contributed by atoms with E-state index in [2.05, 4.69) is 14.8 Å². The topological polar surface area (TPSA) is 105 Å². The SMILES string of the molecule is CS(=O)(=O)Nc1cccc(C(=O)NC[C@H](O)c2ccc(OC(F)(F)F)cc2)c1. The molecular weight excluding hydrogens is 401 g/mol. The van der Waals surface area contributed by atoms with Gasteiger partial charge in [0.2, 0.25) is 10.0 Å². The molecule has 11 heteroatoms. The van der Waals surface area contributed by atoms with Crippen LogP contribution in [0.1, 0.15) is 22.0 Å². The summed E-state index contributed by atoms with van der Waals surface area (Å²) in [6, 6.07) is 10.3. The van der Waals surface area contributed by atoms with E-state index in [9.17, 15) is 31.5 Å². The standard InChI is InChI=1S/C17H17F3N2O5S/c1-28(25,26)22-13-4-2-3-12(9-13)16(24)21-10-15(23)11-5-7-14(8-6-11)27-17(18,19)20/h2-9,15,22-23H,10H2,1H3,(H,21,24)/t15-/m0/s1. The van der Waals surface area contributed by atoms with E-state index in [1.54, 1.807) is 0 Å². The highest BCUT2D eigenvalue weighted by Crippen LogP contribution is 2.24. The highest BCUT2D eigenvalue weighted by atomic mass is 32.2. The van der Waals surface area contributed by atoms with Crippen LogP contribution in [0, 0.1) is 0 Å². The molecule has 2 aromatic rings. The number of benzene rings is 2. The molecule has 2 rings (SSSR count). The molecule has 0 heterocycles. The fourth-order valence-corrected chi connectivity index (χ4v) is 2.79. The minimum atomic E-state index is -4.81. The molecule has 1 atom stereocenters. The molecule has 0 spiro atoms. The zero-order chi connectivity index (χ0) is 20.9. The second kappa shape index (κ2) is 8.48. The predicted octanol–water partition coefficient (Wildman–Crippen LogP) is 2.42. The molecule has 0 aromatic heterocycles. The number of ether oxygens (including phenoxy) is 1. The predicted molar refractivity (Wildman–Crippen MR) is 95.3 cm³/mol. The van der Waals surface area contributed by atoms with Crippen LogP contribution in [0.4, 0.5) is 18.9 Å². The molecule has 3 N–H and O–H groups in total. The van der Waals surface area contributed by atoms with Gasteiger partial charge in [-0.25, -0.2) is 8.42 Å². The molecule has 0 saturated heterocycles. The summed E-state index contributed by atoms with van der Waals surface area (Å²) in [5.41, 5.74) is 0.646. The van der Waals surface area contributed by atoms with Gasteiger partial charge in [-0.05, 0) is 35.9 Å². The van der Waals surface area contributed by atoms with E-state index in [0.29, 0.717) is 0 Å². The maximum Gasteiger partial charge on any atom is 0.573 e. The summed E-state index contributed by atoms with van der Waals surface area (Å²) in [4.78, 5) is 12.2. The largest absolute Gasteiger partial charge is 0.573 e. The number of aliphatic hydroxyl groups excluding tert-OH is 1. The van der Waals surface area contributed by atoms with Gasteiger partial charge in [-0.3, -0.25) is 9.52 Å². The molecule has 0 aliphatic carbocycles. The van der Waals surface area contributed by atoms with Crippen molar-refractivity contribution in [3.05, 3.63) is 59.7 Å². The summed E-state index contributed by atoms with van der Waals surface area (Å²) in [6.45, 7) is -0.206. The van der Waals surface area contributed by atoms with Gasteiger partial charge in [0, 0.05) is 17.8 Å². The fourth-order valence-electron chi connectivity index (χ4n) is 2.24. The molecular formula is C17H17F3N2O5S. The Kier molecular flexibility index (Phi) is 6.52. The van der Waals surface area contributed by atoms with E-state index in [4.69, 9.17) is 0 Å². The lowest BCUT2D eigenvalue weighted by atomic mass is 10.1. The van der Waals surface area contributed by atoms with Crippen molar-refractivity contribution in [2.24, 2.45) is 0 Å². The quantitative estimate of drug-likeness (QED) is 0.641. The Hall–Kier alpha value is -2.79. The molecule has 0 aliphatic rings. The van der Waals surface area contributed by atoms with E-state index in [0.717, 1.165) is 18.4 Å². The average molecular weight is 418 g/mol. The number of amides is 1. The first-order chi connectivity index (χ1) is 12.9. The van der Waals surface area contributed by atoms with E-state index >= 15 is 0 Å². The van der Waals surface area contributed by atoms with Crippen molar-refractivity contribution in [2.45, 2.75) is 12.5 Å².